The van der Waals surface area contributed by atoms with E-state index in [4.69, 9.17) is 0 Å². The normalized spacial score (nSPS) is 11.7. The number of benzene rings is 3. The minimum atomic E-state index is -2.44. The maximum atomic E-state index is 12.9. The van der Waals surface area contributed by atoms with Crippen LogP contribution in [-0.4, -0.2) is 23.6 Å². The van der Waals surface area contributed by atoms with Gasteiger partial charge in [-0.2, -0.15) is 8.78 Å². The van der Waals surface area contributed by atoms with Gasteiger partial charge in [0, 0.05) is 23.4 Å². The van der Waals surface area contributed by atoms with Crippen molar-refractivity contribution in [2.45, 2.75) is 24.0 Å². The molecule has 0 aliphatic heterocycles. The van der Waals surface area contributed by atoms with Gasteiger partial charge in [-0.3, -0.25) is 9.59 Å². The zero-order chi connectivity index (χ0) is 22.1. The fourth-order valence-electron chi connectivity index (χ4n) is 2.96. The van der Waals surface area contributed by atoms with Crippen LogP contribution in [-0.2, 0) is 17.0 Å². The summed E-state index contributed by atoms with van der Waals surface area (Å²) in [5, 5.41) is 5.62. The highest BCUT2D eigenvalue weighted by Gasteiger charge is 2.22. The number of alkyl halides is 2. The molecule has 3 aromatic carbocycles. The molecule has 1 atom stereocenters. The number of nitrogens with one attached hydrogen (secondary N) is 2. The van der Waals surface area contributed by atoms with Crippen LogP contribution in [0, 0.1) is 0 Å². The molecular formula is C24H22F2N2O2S. The van der Waals surface area contributed by atoms with E-state index in [9.17, 15) is 18.4 Å². The number of carbonyl (C=O) groups excluding carboxylic acids is 2. The van der Waals surface area contributed by atoms with E-state index < -0.39 is 17.7 Å². The molecule has 3 aromatic rings. The molecule has 2 amide bonds. The van der Waals surface area contributed by atoms with E-state index in [1.807, 2.05) is 48.5 Å². The van der Waals surface area contributed by atoms with Gasteiger partial charge in [0.25, 0.3) is 11.7 Å². The molecule has 0 spiro atoms. The maximum absolute atomic E-state index is 12.9. The van der Waals surface area contributed by atoms with Crippen LogP contribution in [0.2, 0.25) is 0 Å². The monoisotopic (exact) mass is 440 g/mol. The molecule has 1 unspecified atom stereocenters. The number of para-hydroxylation sites is 1. The van der Waals surface area contributed by atoms with Crippen LogP contribution in [0.3, 0.4) is 0 Å². The molecule has 31 heavy (non-hydrogen) atoms. The van der Waals surface area contributed by atoms with Gasteiger partial charge in [-0.25, -0.2) is 0 Å². The molecule has 0 saturated heterocycles. The first-order chi connectivity index (χ1) is 15.0. The Balaban J connectivity index is 1.71. The highest BCUT2D eigenvalue weighted by Crippen LogP contribution is 2.20. The fraction of sp³-hybridized carbons (Fsp3) is 0.167. The Labute approximate surface area is 184 Å². The number of amides is 2. The van der Waals surface area contributed by atoms with Crippen LogP contribution in [0.4, 0.5) is 14.5 Å². The molecule has 4 nitrogen and oxygen atoms in total. The topological polar surface area (TPSA) is 58.2 Å². The van der Waals surface area contributed by atoms with Gasteiger partial charge < -0.3 is 10.6 Å². The molecule has 0 saturated carbocycles. The number of thioether (sulfide) groups is 1. The van der Waals surface area contributed by atoms with Crippen LogP contribution in [0.15, 0.2) is 84.9 Å². The molecule has 0 fully saturated rings. The Morgan fingerprint density at radius 3 is 2.03 bits per heavy atom. The molecule has 160 valence electrons. The second kappa shape index (κ2) is 11.3. The highest BCUT2D eigenvalue weighted by molar-refractivity contribution is 7.98. The number of rotatable bonds is 9. The SMILES string of the molecule is O=C(NC(Cc1ccccc1)C(=O)Nc1ccccc1)c1ccc(CSC(F)F)cc1. The van der Waals surface area contributed by atoms with Crippen molar-refractivity contribution in [1.82, 2.24) is 5.32 Å². The van der Waals surface area contributed by atoms with E-state index in [2.05, 4.69) is 10.6 Å². The molecule has 2 N–H and O–H groups in total. The Morgan fingerprint density at radius 1 is 0.806 bits per heavy atom. The maximum Gasteiger partial charge on any atom is 0.284 e. The molecule has 0 bridgehead atoms. The van der Waals surface area contributed by atoms with Gasteiger partial charge in [0.1, 0.15) is 6.04 Å². The summed E-state index contributed by atoms with van der Waals surface area (Å²) in [4.78, 5) is 25.7. The molecular weight excluding hydrogens is 418 g/mol. The third-order valence-corrected chi connectivity index (χ3v) is 5.29. The minimum absolute atomic E-state index is 0.162. The van der Waals surface area contributed by atoms with Gasteiger partial charge >= 0.3 is 0 Å². The van der Waals surface area contributed by atoms with Crippen LogP contribution in [0.1, 0.15) is 21.5 Å². The van der Waals surface area contributed by atoms with Crippen molar-refractivity contribution < 1.29 is 18.4 Å². The summed E-state index contributed by atoms with van der Waals surface area (Å²) in [5.74, 6) is -3.01. The lowest BCUT2D eigenvalue weighted by atomic mass is 10.0. The fourth-order valence-corrected chi connectivity index (χ4v) is 3.47. The lowest BCUT2D eigenvalue weighted by molar-refractivity contribution is -0.118. The first kappa shape index (κ1) is 22.5. The largest absolute Gasteiger partial charge is 0.340 e. The van der Waals surface area contributed by atoms with Gasteiger partial charge in [-0.1, -0.05) is 72.4 Å². The van der Waals surface area contributed by atoms with Crippen molar-refractivity contribution in [2.75, 3.05) is 5.32 Å². The number of hydrogen-bond acceptors (Lipinski definition) is 3. The second-order valence-corrected chi connectivity index (χ2v) is 7.82. The quantitative estimate of drug-likeness (QED) is 0.485. The third kappa shape index (κ3) is 7.22. The van der Waals surface area contributed by atoms with Crippen molar-refractivity contribution in [3.63, 3.8) is 0 Å². The molecule has 0 aliphatic carbocycles. The van der Waals surface area contributed by atoms with Gasteiger partial charge in [0.05, 0.1) is 0 Å². The first-order valence-electron chi connectivity index (χ1n) is 9.70. The van der Waals surface area contributed by atoms with E-state index in [0.717, 1.165) is 5.56 Å². The van der Waals surface area contributed by atoms with Gasteiger partial charge in [0.15, 0.2) is 0 Å². The van der Waals surface area contributed by atoms with Gasteiger partial charge in [0.2, 0.25) is 5.91 Å². The summed E-state index contributed by atoms with van der Waals surface area (Å²) < 4.78 is 24.7. The predicted molar refractivity (Wildman–Crippen MR) is 120 cm³/mol. The molecule has 0 aliphatic rings. The zero-order valence-electron chi connectivity index (χ0n) is 16.6. The lowest BCUT2D eigenvalue weighted by Crippen LogP contribution is -2.45. The van der Waals surface area contributed by atoms with E-state index in [1.165, 1.54) is 0 Å². The van der Waals surface area contributed by atoms with E-state index in [0.29, 0.717) is 35.0 Å². The lowest BCUT2D eigenvalue weighted by Gasteiger charge is -2.19. The van der Waals surface area contributed by atoms with Crippen molar-refractivity contribution in [3.8, 4) is 0 Å². The summed E-state index contributed by atoms with van der Waals surface area (Å²) in [6.07, 6.45) is 0.328. The number of hydrogen-bond donors (Lipinski definition) is 2. The standard InChI is InChI=1S/C24H22F2N2O2S/c25-24(26)31-16-18-11-13-19(14-12-18)22(29)28-21(15-17-7-3-1-4-8-17)23(30)27-20-9-5-2-6-10-20/h1-14,21,24H,15-16H2,(H,27,30)(H,28,29). The van der Waals surface area contributed by atoms with Crippen LogP contribution < -0.4 is 10.6 Å². The van der Waals surface area contributed by atoms with Crippen molar-refractivity contribution in [2.24, 2.45) is 0 Å². The van der Waals surface area contributed by atoms with Gasteiger partial charge in [-0.05, 0) is 35.4 Å². The average molecular weight is 441 g/mol. The Hall–Kier alpha value is -3.19. The second-order valence-electron chi connectivity index (χ2n) is 6.84. The number of carbonyl (C=O) groups is 2. The number of halogens is 2. The zero-order valence-corrected chi connectivity index (χ0v) is 17.4. The molecule has 0 radical (unpaired) electrons. The van der Waals surface area contributed by atoms with Crippen molar-refractivity contribution in [3.05, 3.63) is 102 Å². The van der Waals surface area contributed by atoms with Crippen LogP contribution >= 0.6 is 11.8 Å². The van der Waals surface area contributed by atoms with Crippen molar-refractivity contribution >= 4 is 29.3 Å². The van der Waals surface area contributed by atoms with Crippen LogP contribution in [0.25, 0.3) is 0 Å². The smallest absolute Gasteiger partial charge is 0.284 e. The minimum Gasteiger partial charge on any atom is -0.340 e. The average Bonchev–Trinajstić information content (AvgIpc) is 2.79. The molecule has 0 heterocycles. The van der Waals surface area contributed by atoms with Crippen LogP contribution in [0.5, 0.6) is 0 Å². The van der Waals surface area contributed by atoms with Crippen molar-refractivity contribution in [1.29, 1.82) is 0 Å². The Bertz CT molecular complexity index is 983. The van der Waals surface area contributed by atoms with E-state index >= 15 is 0 Å². The third-order valence-electron chi connectivity index (χ3n) is 4.54. The molecule has 0 aromatic heterocycles. The summed E-state index contributed by atoms with van der Waals surface area (Å²) in [6.45, 7) is 0. The highest BCUT2D eigenvalue weighted by atomic mass is 32.2. The van der Waals surface area contributed by atoms with E-state index in [1.54, 1.807) is 36.4 Å². The Morgan fingerprint density at radius 2 is 1.42 bits per heavy atom. The summed E-state index contributed by atoms with van der Waals surface area (Å²) in [6, 6.07) is 24.1. The molecule has 7 heteroatoms. The number of anilines is 1. The summed E-state index contributed by atoms with van der Waals surface area (Å²) in [7, 11) is 0. The molecule has 3 rings (SSSR count). The summed E-state index contributed by atoms with van der Waals surface area (Å²) >= 11 is 0.528. The van der Waals surface area contributed by atoms with Gasteiger partial charge in [-0.15, -0.1) is 0 Å². The first-order valence-corrected chi connectivity index (χ1v) is 10.8. The summed E-state index contributed by atoms with van der Waals surface area (Å²) in [5.41, 5.74) is 2.61. The Kier molecular flexibility index (Phi) is 8.18. The van der Waals surface area contributed by atoms with E-state index in [-0.39, 0.29) is 11.7 Å². The predicted octanol–water partition coefficient (Wildman–Crippen LogP) is 5.12.